The lowest BCUT2D eigenvalue weighted by molar-refractivity contribution is -0.139. The Kier molecular flexibility index (Phi) is 4.32. The number of hydrogen-bond acceptors (Lipinski definition) is 4. The first kappa shape index (κ1) is 12.2. The topological polar surface area (TPSA) is 54.5 Å². The van der Waals surface area contributed by atoms with Crippen LogP contribution in [-0.4, -0.2) is 34.6 Å². The molecule has 1 saturated heterocycles. The third-order valence-corrected chi connectivity index (χ3v) is 3.12. The van der Waals surface area contributed by atoms with E-state index >= 15 is 0 Å². The normalized spacial score (nSPS) is 21.2. The zero-order chi connectivity index (χ0) is 11.4. The quantitative estimate of drug-likeness (QED) is 0.676. The number of hydrogen-bond donors (Lipinski definition) is 0. The smallest absolute Gasteiger partial charge is 0.232 e. The number of amides is 2. The average molecular weight is 229 g/mol. The first-order valence-corrected chi connectivity index (χ1v) is 6.19. The first-order chi connectivity index (χ1) is 7.06. The summed E-state index contributed by atoms with van der Waals surface area (Å²) in [6.45, 7) is 2.14. The summed E-state index contributed by atoms with van der Waals surface area (Å²) < 4.78 is 0. The van der Waals surface area contributed by atoms with Crippen molar-refractivity contribution in [3.8, 4) is 0 Å². The maximum atomic E-state index is 11.5. The molecule has 0 spiro atoms. The van der Waals surface area contributed by atoms with Crippen molar-refractivity contribution >= 4 is 28.7 Å². The predicted octanol–water partition coefficient (Wildman–Crippen LogP) is 1.05. The van der Waals surface area contributed by atoms with Crippen molar-refractivity contribution in [3.05, 3.63) is 0 Å². The van der Waals surface area contributed by atoms with Gasteiger partial charge in [0.15, 0.2) is 5.12 Å². The van der Waals surface area contributed by atoms with Gasteiger partial charge in [-0.05, 0) is 12.7 Å². The number of rotatable bonds is 4. The highest BCUT2D eigenvalue weighted by Gasteiger charge is 2.34. The SMILES string of the molecule is CSC(=O)CCCN1C(=O)CC(C)C1=O. The molecule has 2 amide bonds. The Balaban J connectivity index is 2.36. The Morgan fingerprint density at radius 1 is 1.53 bits per heavy atom. The van der Waals surface area contributed by atoms with Crippen LogP contribution in [-0.2, 0) is 14.4 Å². The number of carbonyl (C=O) groups is 3. The van der Waals surface area contributed by atoms with Crippen LogP contribution < -0.4 is 0 Å². The van der Waals surface area contributed by atoms with Crippen LogP contribution in [0, 0.1) is 5.92 Å². The molecule has 1 fully saturated rings. The fraction of sp³-hybridized carbons (Fsp3) is 0.700. The van der Waals surface area contributed by atoms with E-state index in [-0.39, 0.29) is 22.8 Å². The van der Waals surface area contributed by atoms with Crippen molar-refractivity contribution in [2.75, 3.05) is 12.8 Å². The molecule has 1 aliphatic heterocycles. The predicted molar refractivity (Wildman–Crippen MR) is 58.3 cm³/mol. The molecule has 0 aromatic carbocycles. The maximum Gasteiger partial charge on any atom is 0.232 e. The minimum atomic E-state index is -0.186. The second-order valence-electron chi connectivity index (χ2n) is 3.67. The van der Waals surface area contributed by atoms with Crippen molar-refractivity contribution < 1.29 is 14.4 Å². The molecule has 0 aromatic heterocycles. The summed E-state index contributed by atoms with van der Waals surface area (Å²) in [5.41, 5.74) is 0. The lowest BCUT2D eigenvalue weighted by atomic mass is 10.1. The van der Waals surface area contributed by atoms with E-state index in [0.29, 0.717) is 25.8 Å². The van der Waals surface area contributed by atoms with Crippen LogP contribution in [0.2, 0.25) is 0 Å². The van der Waals surface area contributed by atoms with Crippen LogP contribution in [0.3, 0.4) is 0 Å². The van der Waals surface area contributed by atoms with Gasteiger partial charge in [-0.2, -0.15) is 0 Å². The second-order valence-corrected chi connectivity index (χ2v) is 4.53. The summed E-state index contributed by atoms with van der Waals surface area (Å²) >= 11 is 1.18. The molecule has 1 heterocycles. The van der Waals surface area contributed by atoms with Crippen LogP contribution >= 0.6 is 11.8 Å². The minimum absolute atomic E-state index is 0.0992. The Morgan fingerprint density at radius 3 is 2.67 bits per heavy atom. The van der Waals surface area contributed by atoms with E-state index in [4.69, 9.17) is 0 Å². The van der Waals surface area contributed by atoms with Gasteiger partial charge in [0.25, 0.3) is 0 Å². The minimum Gasteiger partial charge on any atom is -0.287 e. The summed E-state index contributed by atoms with van der Waals surface area (Å²) in [5, 5.41) is 0.0992. The molecule has 0 saturated carbocycles. The molecule has 1 rings (SSSR count). The zero-order valence-electron chi connectivity index (χ0n) is 8.99. The first-order valence-electron chi connectivity index (χ1n) is 4.97. The van der Waals surface area contributed by atoms with Crippen LogP contribution in [0.5, 0.6) is 0 Å². The Hall–Kier alpha value is -0.840. The Morgan fingerprint density at radius 2 is 2.20 bits per heavy atom. The molecule has 0 N–H and O–H groups in total. The van der Waals surface area contributed by atoms with E-state index in [1.807, 2.05) is 0 Å². The van der Waals surface area contributed by atoms with Crippen molar-refractivity contribution in [1.29, 1.82) is 0 Å². The van der Waals surface area contributed by atoms with Crippen LogP contribution in [0.1, 0.15) is 26.2 Å². The molecule has 1 unspecified atom stereocenters. The monoisotopic (exact) mass is 229 g/mol. The number of imide groups is 1. The fourth-order valence-electron chi connectivity index (χ4n) is 1.57. The molecule has 84 valence electrons. The van der Waals surface area contributed by atoms with Crippen molar-refractivity contribution in [3.63, 3.8) is 0 Å². The maximum absolute atomic E-state index is 11.5. The Labute approximate surface area is 93.4 Å². The molecular weight excluding hydrogens is 214 g/mol. The molecule has 0 bridgehead atoms. The standard InChI is InChI=1S/C10H15NO3S/c1-7-6-8(12)11(10(7)14)5-3-4-9(13)15-2/h7H,3-6H2,1-2H3. The summed E-state index contributed by atoms with van der Waals surface area (Å²) in [5.74, 6) is -0.394. The van der Waals surface area contributed by atoms with E-state index in [0.717, 1.165) is 0 Å². The van der Waals surface area contributed by atoms with Crippen molar-refractivity contribution in [2.24, 2.45) is 5.92 Å². The van der Waals surface area contributed by atoms with Crippen LogP contribution in [0.4, 0.5) is 0 Å². The van der Waals surface area contributed by atoms with Crippen LogP contribution in [0.15, 0.2) is 0 Å². The van der Waals surface area contributed by atoms with Gasteiger partial charge in [0, 0.05) is 25.3 Å². The van der Waals surface area contributed by atoms with Gasteiger partial charge in [-0.15, -0.1) is 0 Å². The van der Waals surface area contributed by atoms with Gasteiger partial charge in [0.2, 0.25) is 11.8 Å². The third-order valence-electron chi connectivity index (χ3n) is 2.46. The molecule has 5 heteroatoms. The van der Waals surface area contributed by atoms with Crippen molar-refractivity contribution in [2.45, 2.75) is 26.2 Å². The van der Waals surface area contributed by atoms with E-state index in [2.05, 4.69) is 0 Å². The van der Waals surface area contributed by atoms with Gasteiger partial charge in [-0.1, -0.05) is 18.7 Å². The Bertz CT molecular complexity index is 290. The van der Waals surface area contributed by atoms with Gasteiger partial charge in [-0.3, -0.25) is 19.3 Å². The molecule has 15 heavy (non-hydrogen) atoms. The molecule has 4 nitrogen and oxygen atoms in total. The third kappa shape index (κ3) is 3.06. The summed E-state index contributed by atoms with van der Waals surface area (Å²) in [6.07, 6.45) is 3.04. The summed E-state index contributed by atoms with van der Waals surface area (Å²) in [6, 6.07) is 0. The number of nitrogens with zero attached hydrogens (tertiary/aromatic N) is 1. The van der Waals surface area contributed by atoms with Gasteiger partial charge < -0.3 is 0 Å². The van der Waals surface area contributed by atoms with Gasteiger partial charge in [0.1, 0.15) is 0 Å². The van der Waals surface area contributed by atoms with E-state index in [9.17, 15) is 14.4 Å². The summed E-state index contributed by atoms with van der Waals surface area (Å²) in [7, 11) is 0. The fourth-order valence-corrected chi connectivity index (χ4v) is 1.92. The van der Waals surface area contributed by atoms with Crippen molar-refractivity contribution in [1.82, 2.24) is 4.90 Å². The largest absolute Gasteiger partial charge is 0.287 e. The second kappa shape index (κ2) is 5.30. The lowest BCUT2D eigenvalue weighted by Gasteiger charge is -2.13. The molecule has 1 atom stereocenters. The number of thioether (sulfide) groups is 1. The molecular formula is C10H15NO3S. The molecule has 1 aliphatic rings. The average Bonchev–Trinajstić information content (AvgIpc) is 2.44. The number of carbonyl (C=O) groups excluding carboxylic acids is 3. The molecule has 0 aliphatic carbocycles. The van der Waals surface area contributed by atoms with E-state index in [1.54, 1.807) is 13.2 Å². The lowest BCUT2D eigenvalue weighted by Crippen LogP contribution is -2.31. The highest BCUT2D eigenvalue weighted by Crippen LogP contribution is 2.19. The van der Waals surface area contributed by atoms with Gasteiger partial charge >= 0.3 is 0 Å². The summed E-state index contributed by atoms with van der Waals surface area (Å²) in [4.78, 5) is 35.1. The number of likely N-dealkylation sites (tertiary alicyclic amines) is 1. The molecule has 0 radical (unpaired) electrons. The van der Waals surface area contributed by atoms with Gasteiger partial charge in [-0.25, -0.2) is 0 Å². The van der Waals surface area contributed by atoms with E-state index < -0.39 is 0 Å². The van der Waals surface area contributed by atoms with E-state index in [1.165, 1.54) is 16.7 Å². The highest BCUT2D eigenvalue weighted by molar-refractivity contribution is 8.13. The highest BCUT2D eigenvalue weighted by atomic mass is 32.2. The zero-order valence-corrected chi connectivity index (χ0v) is 9.80. The van der Waals surface area contributed by atoms with Crippen LogP contribution in [0.25, 0.3) is 0 Å². The molecule has 0 aromatic rings. The van der Waals surface area contributed by atoms with Gasteiger partial charge in [0.05, 0.1) is 0 Å².